The number of hydrogen-bond acceptors (Lipinski definition) is 3. The minimum atomic E-state index is -4.19. The quantitative estimate of drug-likeness (QED) is 0.720. The predicted octanol–water partition coefficient (Wildman–Crippen LogP) is 3.14. The molecule has 0 aliphatic carbocycles. The van der Waals surface area contributed by atoms with Crippen molar-refractivity contribution in [3.05, 3.63) is 64.1 Å². The Morgan fingerprint density at radius 3 is 2.50 bits per heavy atom. The monoisotopic (exact) mass is 476 g/mol. The number of nitrogens with one attached hydrogen (secondary N) is 1. The van der Waals surface area contributed by atoms with E-state index < -0.39 is 46.3 Å². The van der Waals surface area contributed by atoms with Gasteiger partial charge in [0.25, 0.3) is 0 Å². The van der Waals surface area contributed by atoms with Gasteiger partial charge in [-0.15, -0.1) is 0 Å². The molecule has 1 aliphatic heterocycles. The van der Waals surface area contributed by atoms with Crippen LogP contribution in [0.3, 0.4) is 0 Å². The van der Waals surface area contributed by atoms with Crippen LogP contribution in [-0.4, -0.2) is 37.4 Å². The smallest absolute Gasteiger partial charge is 0.243 e. The second-order valence-electron chi connectivity index (χ2n) is 6.33. The lowest BCUT2D eigenvalue weighted by molar-refractivity contribution is -0.124. The second kappa shape index (κ2) is 8.22. The number of carbonyl (C=O) groups is 1. The maximum absolute atomic E-state index is 14.0. The Labute approximate surface area is 168 Å². The molecule has 28 heavy (non-hydrogen) atoms. The van der Waals surface area contributed by atoms with Crippen LogP contribution in [0.1, 0.15) is 12.0 Å². The van der Waals surface area contributed by atoms with Crippen molar-refractivity contribution in [2.75, 3.05) is 6.54 Å². The molecule has 2 atom stereocenters. The first-order valence-electron chi connectivity index (χ1n) is 8.31. The van der Waals surface area contributed by atoms with E-state index >= 15 is 0 Å². The molecule has 0 unspecified atom stereocenters. The van der Waals surface area contributed by atoms with E-state index in [1.807, 2.05) is 0 Å². The van der Waals surface area contributed by atoms with Crippen LogP contribution in [0.5, 0.6) is 0 Å². The number of alkyl halides is 1. The first-order valence-corrected chi connectivity index (χ1v) is 10.5. The lowest BCUT2D eigenvalue weighted by atomic mass is 10.2. The minimum absolute atomic E-state index is 0.171. The largest absolute Gasteiger partial charge is 0.351 e. The van der Waals surface area contributed by atoms with Gasteiger partial charge in [0.1, 0.15) is 23.8 Å². The van der Waals surface area contributed by atoms with Gasteiger partial charge in [-0.25, -0.2) is 21.6 Å². The van der Waals surface area contributed by atoms with Crippen molar-refractivity contribution in [3.63, 3.8) is 0 Å². The van der Waals surface area contributed by atoms with Gasteiger partial charge >= 0.3 is 0 Å². The van der Waals surface area contributed by atoms with Crippen LogP contribution in [0.2, 0.25) is 0 Å². The summed E-state index contributed by atoms with van der Waals surface area (Å²) in [5.74, 6) is -1.89. The zero-order valence-electron chi connectivity index (χ0n) is 14.4. The van der Waals surface area contributed by atoms with Crippen molar-refractivity contribution < 1.29 is 26.4 Å². The van der Waals surface area contributed by atoms with E-state index in [1.165, 1.54) is 12.1 Å². The molecule has 2 aromatic carbocycles. The van der Waals surface area contributed by atoms with Crippen molar-refractivity contribution in [3.8, 4) is 0 Å². The Kier molecular flexibility index (Phi) is 6.11. The molecule has 3 rings (SSSR count). The fourth-order valence-electron chi connectivity index (χ4n) is 2.97. The van der Waals surface area contributed by atoms with Gasteiger partial charge in [0.05, 0.1) is 4.90 Å². The van der Waals surface area contributed by atoms with Crippen molar-refractivity contribution >= 4 is 31.9 Å². The molecule has 1 fully saturated rings. The van der Waals surface area contributed by atoms with Crippen LogP contribution in [-0.2, 0) is 21.4 Å². The highest BCUT2D eigenvalue weighted by Gasteiger charge is 2.44. The van der Waals surface area contributed by atoms with E-state index in [-0.39, 0.29) is 23.4 Å². The van der Waals surface area contributed by atoms with Gasteiger partial charge in [-0.3, -0.25) is 4.79 Å². The second-order valence-corrected chi connectivity index (χ2v) is 9.14. The number of amides is 1. The topological polar surface area (TPSA) is 66.5 Å². The molecule has 0 radical (unpaired) electrons. The number of benzene rings is 2. The van der Waals surface area contributed by atoms with E-state index in [4.69, 9.17) is 0 Å². The number of rotatable bonds is 5. The molecule has 1 saturated heterocycles. The first kappa shape index (κ1) is 20.8. The van der Waals surface area contributed by atoms with Gasteiger partial charge in [-0.1, -0.05) is 22.0 Å². The minimum Gasteiger partial charge on any atom is -0.351 e. The first-order chi connectivity index (χ1) is 13.2. The Hall–Kier alpha value is -1.91. The van der Waals surface area contributed by atoms with Crippen LogP contribution in [0, 0.1) is 11.6 Å². The van der Waals surface area contributed by atoms with Crippen LogP contribution in [0.15, 0.2) is 51.8 Å². The third-order valence-electron chi connectivity index (χ3n) is 4.40. The number of nitrogens with zero attached hydrogens (tertiary/aromatic N) is 1. The molecule has 0 saturated carbocycles. The summed E-state index contributed by atoms with van der Waals surface area (Å²) < 4.78 is 67.7. The highest BCUT2D eigenvalue weighted by molar-refractivity contribution is 9.10. The van der Waals surface area contributed by atoms with Gasteiger partial charge in [0.15, 0.2) is 0 Å². The normalized spacial score (nSPS) is 20.3. The van der Waals surface area contributed by atoms with E-state index in [9.17, 15) is 26.4 Å². The molecule has 5 nitrogen and oxygen atoms in total. The number of halogens is 4. The SMILES string of the molecule is O=C(NCc1ccc(Br)cc1F)[C@@H]1C[C@@H](F)CN1S(=O)(=O)c1ccc(F)cc1. The fourth-order valence-corrected chi connectivity index (χ4v) is 4.93. The third kappa shape index (κ3) is 4.39. The van der Waals surface area contributed by atoms with Crippen molar-refractivity contribution in [2.24, 2.45) is 0 Å². The van der Waals surface area contributed by atoms with Crippen molar-refractivity contribution in [1.29, 1.82) is 0 Å². The summed E-state index contributed by atoms with van der Waals surface area (Å²) in [6, 6.07) is 7.10. The maximum atomic E-state index is 14.0. The zero-order chi connectivity index (χ0) is 20.5. The molecule has 10 heteroatoms. The van der Waals surface area contributed by atoms with Gasteiger partial charge in [0, 0.05) is 29.5 Å². The average Bonchev–Trinajstić information content (AvgIpc) is 3.04. The number of hydrogen-bond donors (Lipinski definition) is 1. The summed E-state index contributed by atoms with van der Waals surface area (Å²) in [6.07, 6.45) is -1.83. The molecule has 150 valence electrons. The van der Waals surface area contributed by atoms with E-state index in [2.05, 4.69) is 21.2 Å². The number of sulfonamides is 1. The summed E-state index contributed by atoms with van der Waals surface area (Å²) in [7, 11) is -4.19. The summed E-state index contributed by atoms with van der Waals surface area (Å²) in [5, 5.41) is 2.46. The Balaban J connectivity index is 1.77. The zero-order valence-corrected chi connectivity index (χ0v) is 16.8. The summed E-state index contributed by atoms with van der Waals surface area (Å²) >= 11 is 3.13. The molecule has 1 aliphatic rings. The third-order valence-corrected chi connectivity index (χ3v) is 6.78. The van der Waals surface area contributed by atoms with Gasteiger partial charge in [-0.2, -0.15) is 4.31 Å². The molecule has 2 aromatic rings. The number of carbonyl (C=O) groups excluding carboxylic acids is 1. The molecular weight excluding hydrogens is 461 g/mol. The van der Waals surface area contributed by atoms with Crippen LogP contribution < -0.4 is 5.32 Å². The highest BCUT2D eigenvalue weighted by atomic mass is 79.9. The highest BCUT2D eigenvalue weighted by Crippen LogP contribution is 2.28. The molecule has 1 N–H and O–H groups in total. The van der Waals surface area contributed by atoms with Gasteiger partial charge < -0.3 is 5.32 Å². The van der Waals surface area contributed by atoms with E-state index in [0.29, 0.717) is 4.47 Å². The summed E-state index contributed by atoms with van der Waals surface area (Å²) in [6.45, 7) is -0.653. The summed E-state index contributed by atoms with van der Waals surface area (Å²) in [4.78, 5) is 12.3. The van der Waals surface area contributed by atoms with Crippen LogP contribution in [0.25, 0.3) is 0 Å². The van der Waals surface area contributed by atoms with Gasteiger partial charge in [-0.05, 0) is 36.4 Å². The lowest BCUT2D eigenvalue weighted by Crippen LogP contribution is -2.45. The standard InChI is InChI=1S/C18H16BrF3N2O3S/c19-12-2-1-11(16(22)7-12)9-23-18(25)17-8-14(21)10-24(17)28(26,27)15-5-3-13(20)4-6-15/h1-7,14,17H,8-10H2,(H,23,25)/t14-,17+/m1/s1. The average molecular weight is 477 g/mol. The van der Waals surface area contributed by atoms with Crippen molar-refractivity contribution in [1.82, 2.24) is 9.62 Å². The Morgan fingerprint density at radius 1 is 1.18 bits per heavy atom. The predicted molar refractivity (Wildman–Crippen MR) is 99.5 cm³/mol. The molecule has 0 spiro atoms. The van der Waals surface area contributed by atoms with Crippen molar-refractivity contribution in [2.45, 2.75) is 30.1 Å². The van der Waals surface area contributed by atoms with E-state index in [0.717, 1.165) is 28.6 Å². The lowest BCUT2D eigenvalue weighted by Gasteiger charge is -2.23. The Morgan fingerprint density at radius 2 is 1.86 bits per heavy atom. The molecular formula is C18H16BrF3N2O3S. The molecule has 1 amide bonds. The summed E-state index contributed by atoms with van der Waals surface area (Å²) in [5.41, 5.74) is 0.208. The molecule has 0 aromatic heterocycles. The molecule has 1 heterocycles. The van der Waals surface area contributed by atoms with Crippen LogP contribution in [0.4, 0.5) is 13.2 Å². The molecule has 0 bridgehead atoms. The van der Waals surface area contributed by atoms with E-state index in [1.54, 1.807) is 6.07 Å². The fraction of sp³-hybridized carbons (Fsp3) is 0.278. The van der Waals surface area contributed by atoms with Gasteiger partial charge in [0.2, 0.25) is 15.9 Å². The Bertz CT molecular complexity index is 986. The maximum Gasteiger partial charge on any atom is 0.243 e. The van der Waals surface area contributed by atoms with Crippen LogP contribution >= 0.6 is 15.9 Å².